The van der Waals surface area contributed by atoms with Crippen LogP contribution in [0.4, 0.5) is 0 Å². The highest BCUT2D eigenvalue weighted by atomic mass is 16.5. The second kappa shape index (κ2) is 6.75. The Morgan fingerprint density at radius 2 is 1.09 bits per heavy atom. The zero-order chi connectivity index (χ0) is 17.0. The highest BCUT2D eigenvalue weighted by molar-refractivity contribution is 5.59. The lowest BCUT2D eigenvalue weighted by molar-refractivity contribution is 0.143. The first-order chi connectivity index (χ1) is 10.1. The minimum atomic E-state index is -1.10. The molecule has 0 unspecified atom stereocenters. The SMILES string of the molecule is COc1cc(C#CC(C)(C)O)c(OC)cc1C#CC(C)(C)O. The van der Waals surface area contributed by atoms with Gasteiger partial charge in [0.25, 0.3) is 0 Å². The molecule has 1 aromatic rings. The Hall–Kier alpha value is -2.14. The molecular formula is C18H22O4. The second-order valence-electron chi connectivity index (χ2n) is 5.87. The van der Waals surface area contributed by atoms with Gasteiger partial charge in [0.05, 0.1) is 25.3 Å². The fourth-order valence-corrected chi connectivity index (χ4v) is 1.53. The molecule has 1 aromatic carbocycles. The summed E-state index contributed by atoms with van der Waals surface area (Å²) in [5.41, 5.74) is -1.01. The molecule has 4 heteroatoms. The zero-order valence-electron chi connectivity index (χ0n) is 13.9. The van der Waals surface area contributed by atoms with Crippen LogP contribution in [-0.4, -0.2) is 35.6 Å². The monoisotopic (exact) mass is 302 g/mol. The average Bonchev–Trinajstić information content (AvgIpc) is 2.40. The van der Waals surface area contributed by atoms with Crippen LogP contribution < -0.4 is 9.47 Å². The van der Waals surface area contributed by atoms with Crippen LogP contribution in [0.15, 0.2) is 12.1 Å². The summed E-state index contributed by atoms with van der Waals surface area (Å²) in [6.45, 7) is 6.42. The molecule has 2 N–H and O–H groups in total. The van der Waals surface area contributed by atoms with Crippen molar-refractivity contribution in [3.8, 4) is 35.2 Å². The number of rotatable bonds is 2. The predicted molar refractivity (Wildman–Crippen MR) is 85.9 cm³/mol. The molecule has 118 valence electrons. The third kappa shape index (κ3) is 5.69. The highest BCUT2D eigenvalue weighted by Gasteiger charge is 2.12. The van der Waals surface area contributed by atoms with Gasteiger partial charge < -0.3 is 19.7 Å². The van der Waals surface area contributed by atoms with E-state index in [1.165, 1.54) is 14.2 Å². The number of hydrogen-bond donors (Lipinski definition) is 2. The van der Waals surface area contributed by atoms with Crippen LogP contribution >= 0.6 is 0 Å². The minimum absolute atomic E-state index is 0.526. The van der Waals surface area contributed by atoms with Crippen LogP contribution in [0.2, 0.25) is 0 Å². The van der Waals surface area contributed by atoms with Gasteiger partial charge in [-0.05, 0) is 27.7 Å². The molecule has 0 aliphatic carbocycles. The van der Waals surface area contributed by atoms with E-state index >= 15 is 0 Å². The van der Waals surface area contributed by atoms with Gasteiger partial charge in [-0.25, -0.2) is 0 Å². The molecule has 0 spiro atoms. The summed E-state index contributed by atoms with van der Waals surface area (Å²) in [5.74, 6) is 12.3. The first-order valence-corrected chi connectivity index (χ1v) is 6.83. The van der Waals surface area contributed by atoms with E-state index < -0.39 is 11.2 Å². The molecule has 0 saturated heterocycles. The average molecular weight is 302 g/mol. The Morgan fingerprint density at radius 1 is 0.773 bits per heavy atom. The van der Waals surface area contributed by atoms with E-state index in [0.29, 0.717) is 22.6 Å². The summed E-state index contributed by atoms with van der Waals surface area (Å²) in [7, 11) is 3.06. The van der Waals surface area contributed by atoms with Crippen LogP contribution in [0.5, 0.6) is 11.5 Å². The number of ether oxygens (including phenoxy) is 2. The minimum Gasteiger partial charge on any atom is -0.495 e. The molecule has 0 aliphatic rings. The largest absolute Gasteiger partial charge is 0.495 e. The van der Waals surface area contributed by atoms with Gasteiger partial charge in [-0.15, -0.1) is 0 Å². The lowest BCUT2D eigenvalue weighted by Gasteiger charge is -2.11. The summed E-state index contributed by atoms with van der Waals surface area (Å²) in [6, 6.07) is 3.40. The van der Waals surface area contributed by atoms with E-state index in [1.807, 2.05) is 0 Å². The standard InChI is InChI=1S/C18H22O4/c1-17(2,19)9-7-13-11-16(22-6)14(12-15(13)21-5)8-10-18(3,4)20/h11-12,19-20H,1-6H3. The fourth-order valence-electron chi connectivity index (χ4n) is 1.53. The summed E-state index contributed by atoms with van der Waals surface area (Å²) in [5, 5.41) is 19.4. The van der Waals surface area contributed by atoms with Crippen LogP contribution in [0.3, 0.4) is 0 Å². The summed E-state index contributed by atoms with van der Waals surface area (Å²) >= 11 is 0. The van der Waals surface area contributed by atoms with Crippen LogP contribution in [-0.2, 0) is 0 Å². The Bertz CT molecular complexity index is 593. The lowest BCUT2D eigenvalue weighted by atomic mass is 10.1. The molecule has 0 heterocycles. The third-order valence-corrected chi connectivity index (χ3v) is 2.53. The van der Waals surface area contributed by atoms with Gasteiger partial charge in [0.2, 0.25) is 0 Å². The molecule has 1 rings (SSSR count). The molecular weight excluding hydrogens is 280 g/mol. The second-order valence-corrected chi connectivity index (χ2v) is 5.87. The molecule has 0 bridgehead atoms. The number of aliphatic hydroxyl groups is 2. The molecule has 4 nitrogen and oxygen atoms in total. The van der Waals surface area contributed by atoms with Crippen molar-refractivity contribution in [1.29, 1.82) is 0 Å². The first kappa shape index (κ1) is 17.9. The Morgan fingerprint density at radius 3 is 1.32 bits per heavy atom. The third-order valence-electron chi connectivity index (χ3n) is 2.53. The van der Waals surface area contributed by atoms with Gasteiger partial charge in [-0.1, -0.05) is 23.7 Å². The van der Waals surface area contributed by atoms with Crippen molar-refractivity contribution >= 4 is 0 Å². The number of hydrogen-bond acceptors (Lipinski definition) is 4. The van der Waals surface area contributed by atoms with Crippen molar-refractivity contribution in [2.24, 2.45) is 0 Å². The van der Waals surface area contributed by atoms with Crippen molar-refractivity contribution in [1.82, 2.24) is 0 Å². The van der Waals surface area contributed by atoms with E-state index in [1.54, 1.807) is 39.8 Å². The molecule has 22 heavy (non-hydrogen) atoms. The highest BCUT2D eigenvalue weighted by Crippen LogP contribution is 2.28. The number of benzene rings is 1. The van der Waals surface area contributed by atoms with E-state index in [0.717, 1.165) is 0 Å². The van der Waals surface area contributed by atoms with Gasteiger partial charge in [0, 0.05) is 12.1 Å². The van der Waals surface area contributed by atoms with E-state index in [2.05, 4.69) is 23.7 Å². The molecule has 0 amide bonds. The smallest absolute Gasteiger partial charge is 0.136 e. The lowest BCUT2D eigenvalue weighted by Crippen LogP contribution is -2.14. The Kier molecular flexibility index (Phi) is 5.49. The topological polar surface area (TPSA) is 58.9 Å². The van der Waals surface area contributed by atoms with Crippen LogP contribution in [0.1, 0.15) is 38.8 Å². The fraction of sp³-hybridized carbons (Fsp3) is 0.444. The van der Waals surface area contributed by atoms with Crippen molar-refractivity contribution in [2.45, 2.75) is 38.9 Å². The summed E-state index contributed by atoms with van der Waals surface area (Å²) in [6.07, 6.45) is 0. The van der Waals surface area contributed by atoms with Crippen molar-refractivity contribution < 1.29 is 19.7 Å². The van der Waals surface area contributed by atoms with Gasteiger partial charge in [0.1, 0.15) is 22.7 Å². The molecule has 0 aliphatic heterocycles. The zero-order valence-corrected chi connectivity index (χ0v) is 13.9. The Balaban J connectivity index is 3.40. The Labute approximate surface area is 132 Å². The van der Waals surface area contributed by atoms with Crippen LogP contribution in [0, 0.1) is 23.7 Å². The maximum atomic E-state index is 9.70. The van der Waals surface area contributed by atoms with Crippen molar-refractivity contribution in [3.63, 3.8) is 0 Å². The predicted octanol–water partition coefficient (Wildman–Crippen LogP) is 1.95. The van der Waals surface area contributed by atoms with Gasteiger partial charge in [-0.2, -0.15) is 0 Å². The normalized spacial score (nSPS) is 10.9. The van der Waals surface area contributed by atoms with Gasteiger partial charge in [-0.3, -0.25) is 0 Å². The van der Waals surface area contributed by atoms with Crippen LogP contribution in [0.25, 0.3) is 0 Å². The van der Waals surface area contributed by atoms with Gasteiger partial charge in [0.15, 0.2) is 0 Å². The maximum Gasteiger partial charge on any atom is 0.136 e. The van der Waals surface area contributed by atoms with Gasteiger partial charge >= 0.3 is 0 Å². The molecule has 0 fully saturated rings. The molecule has 0 radical (unpaired) electrons. The molecule has 0 saturated carbocycles. The number of methoxy groups -OCH3 is 2. The van der Waals surface area contributed by atoms with E-state index in [4.69, 9.17) is 9.47 Å². The molecule has 0 aromatic heterocycles. The quantitative estimate of drug-likeness (QED) is 0.820. The van der Waals surface area contributed by atoms with Crippen molar-refractivity contribution in [3.05, 3.63) is 23.3 Å². The first-order valence-electron chi connectivity index (χ1n) is 6.83. The summed E-state index contributed by atoms with van der Waals surface area (Å²) < 4.78 is 10.6. The van der Waals surface area contributed by atoms with E-state index in [9.17, 15) is 10.2 Å². The van der Waals surface area contributed by atoms with E-state index in [-0.39, 0.29) is 0 Å². The van der Waals surface area contributed by atoms with Crippen molar-refractivity contribution in [2.75, 3.05) is 14.2 Å². The summed E-state index contributed by atoms with van der Waals surface area (Å²) in [4.78, 5) is 0. The maximum absolute atomic E-state index is 9.70. The molecule has 0 atom stereocenters.